The summed E-state index contributed by atoms with van der Waals surface area (Å²) in [5.74, 6) is -0.729. The first-order valence-electron chi connectivity index (χ1n) is 7.69. The lowest BCUT2D eigenvalue weighted by molar-refractivity contribution is -0.117. The summed E-state index contributed by atoms with van der Waals surface area (Å²) in [5.41, 5.74) is 1.85. The molecular weight excluding hydrogens is 341 g/mol. The van der Waals surface area contributed by atoms with E-state index in [4.69, 9.17) is 16.9 Å². The Balaban J connectivity index is 1.80. The van der Waals surface area contributed by atoms with E-state index in [1.54, 1.807) is 36.4 Å². The van der Waals surface area contributed by atoms with Crippen LogP contribution in [0, 0.1) is 17.1 Å². The standard InChI is InChI=1S/C19H17ClFN3O/c20-17-5-1-15(2-6-17)12-24-19(25)16(11-22)13-23-10-9-14-3-7-18(21)8-4-14/h1-8,13,23H,9-10,12H2,(H,24,25)/b16-13-. The molecule has 128 valence electrons. The van der Waals surface area contributed by atoms with E-state index in [0.717, 1.165) is 11.1 Å². The van der Waals surface area contributed by atoms with Gasteiger partial charge in [-0.25, -0.2) is 4.39 Å². The Morgan fingerprint density at radius 2 is 1.76 bits per heavy atom. The van der Waals surface area contributed by atoms with Crippen LogP contribution in [0.25, 0.3) is 0 Å². The molecule has 1 amide bonds. The fourth-order valence-corrected chi connectivity index (χ4v) is 2.20. The lowest BCUT2D eigenvalue weighted by atomic mass is 10.1. The van der Waals surface area contributed by atoms with E-state index in [-0.39, 0.29) is 11.4 Å². The summed E-state index contributed by atoms with van der Waals surface area (Å²) in [4.78, 5) is 12.0. The number of nitrogens with zero attached hydrogens (tertiary/aromatic N) is 1. The number of carbonyl (C=O) groups excluding carboxylic acids is 1. The van der Waals surface area contributed by atoms with Crippen molar-refractivity contribution in [2.24, 2.45) is 0 Å². The third kappa shape index (κ3) is 6.28. The molecule has 0 heterocycles. The third-order valence-corrected chi connectivity index (χ3v) is 3.70. The van der Waals surface area contributed by atoms with Gasteiger partial charge in [-0.15, -0.1) is 0 Å². The van der Waals surface area contributed by atoms with Gasteiger partial charge in [0.15, 0.2) is 0 Å². The van der Waals surface area contributed by atoms with Gasteiger partial charge in [0.1, 0.15) is 17.5 Å². The summed E-state index contributed by atoms with van der Waals surface area (Å²) >= 11 is 5.80. The average molecular weight is 358 g/mol. The molecule has 0 fully saturated rings. The zero-order valence-corrected chi connectivity index (χ0v) is 14.2. The molecule has 0 aliphatic carbocycles. The minimum atomic E-state index is -0.452. The first-order chi connectivity index (χ1) is 12.1. The summed E-state index contributed by atoms with van der Waals surface area (Å²) in [7, 11) is 0. The van der Waals surface area contributed by atoms with Crippen molar-refractivity contribution in [2.45, 2.75) is 13.0 Å². The van der Waals surface area contributed by atoms with Gasteiger partial charge in [0.25, 0.3) is 5.91 Å². The van der Waals surface area contributed by atoms with Gasteiger partial charge in [-0.05, 0) is 41.8 Å². The third-order valence-electron chi connectivity index (χ3n) is 3.45. The quantitative estimate of drug-likeness (QED) is 0.454. The van der Waals surface area contributed by atoms with Gasteiger partial charge in [0, 0.05) is 24.3 Å². The lowest BCUT2D eigenvalue weighted by Crippen LogP contribution is -2.25. The van der Waals surface area contributed by atoms with E-state index >= 15 is 0 Å². The van der Waals surface area contributed by atoms with Crippen LogP contribution in [-0.4, -0.2) is 12.5 Å². The highest BCUT2D eigenvalue weighted by Crippen LogP contribution is 2.09. The number of halogens is 2. The molecule has 0 aliphatic rings. The topological polar surface area (TPSA) is 64.9 Å². The molecule has 0 radical (unpaired) electrons. The molecule has 0 aliphatic heterocycles. The van der Waals surface area contributed by atoms with Crippen LogP contribution in [0.1, 0.15) is 11.1 Å². The van der Waals surface area contributed by atoms with E-state index in [9.17, 15) is 9.18 Å². The molecule has 25 heavy (non-hydrogen) atoms. The molecular formula is C19H17ClFN3O. The van der Waals surface area contributed by atoms with E-state index < -0.39 is 5.91 Å². The number of hydrogen-bond donors (Lipinski definition) is 2. The molecule has 4 nitrogen and oxygen atoms in total. The maximum absolute atomic E-state index is 12.8. The zero-order valence-electron chi connectivity index (χ0n) is 13.4. The van der Waals surface area contributed by atoms with Gasteiger partial charge in [-0.2, -0.15) is 5.26 Å². The summed E-state index contributed by atoms with van der Waals surface area (Å²) in [6.45, 7) is 0.839. The van der Waals surface area contributed by atoms with Gasteiger partial charge in [0.2, 0.25) is 0 Å². The number of amides is 1. The van der Waals surface area contributed by atoms with Crippen LogP contribution in [0.3, 0.4) is 0 Å². The van der Waals surface area contributed by atoms with Crippen LogP contribution >= 0.6 is 11.6 Å². The number of carbonyl (C=O) groups is 1. The molecule has 2 rings (SSSR count). The fourth-order valence-electron chi connectivity index (χ4n) is 2.07. The van der Waals surface area contributed by atoms with Crippen LogP contribution in [-0.2, 0) is 17.8 Å². The van der Waals surface area contributed by atoms with Gasteiger partial charge in [-0.3, -0.25) is 4.79 Å². The number of rotatable bonds is 7. The predicted octanol–water partition coefficient (Wildman–Crippen LogP) is 3.34. The summed E-state index contributed by atoms with van der Waals surface area (Å²) in [6.07, 6.45) is 2.04. The van der Waals surface area contributed by atoms with Crippen LogP contribution < -0.4 is 10.6 Å². The molecule has 2 aromatic rings. The number of nitriles is 1. The molecule has 0 saturated heterocycles. The van der Waals surface area contributed by atoms with Crippen LogP contribution in [0.4, 0.5) is 4.39 Å². The van der Waals surface area contributed by atoms with Gasteiger partial charge in [-0.1, -0.05) is 35.9 Å². The smallest absolute Gasteiger partial charge is 0.263 e. The second-order valence-electron chi connectivity index (χ2n) is 5.31. The van der Waals surface area contributed by atoms with E-state index in [1.807, 2.05) is 6.07 Å². The van der Waals surface area contributed by atoms with Crippen molar-refractivity contribution in [3.05, 3.63) is 82.3 Å². The van der Waals surface area contributed by atoms with Crippen molar-refractivity contribution in [1.29, 1.82) is 5.26 Å². The minimum Gasteiger partial charge on any atom is -0.389 e. The van der Waals surface area contributed by atoms with Gasteiger partial charge in [0.05, 0.1) is 0 Å². The van der Waals surface area contributed by atoms with E-state index in [2.05, 4.69) is 10.6 Å². The van der Waals surface area contributed by atoms with Gasteiger partial charge < -0.3 is 10.6 Å². The Morgan fingerprint density at radius 1 is 1.12 bits per heavy atom. The minimum absolute atomic E-state index is 0.00642. The molecule has 6 heteroatoms. The fraction of sp³-hybridized carbons (Fsp3) is 0.158. The van der Waals surface area contributed by atoms with Crippen LogP contribution in [0.5, 0.6) is 0 Å². The molecule has 2 aromatic carbocycles. The van der Waals surface area contributed by atoms with Crippen LogP contribution in [0.2, 0.25) is 5.02 Å². The Hall–Kier alpha value is -2.84. The molecule has 0 saturated carbocycles. The zero-order chi connectivity index (χ0) is 18.1. The first-order valence-corrected chi connectivity index (χ1v) is 8.07. The monoisotopic (exact) mass is 357 g/mol. The normalized spacial score (nSPS) is 10.8. The van der Waals surface area contributed by atoms with Crippen molar-refractivity contribution in [1.82, 2.24) is 10.6 Å². The second kappa shape index (κ2) is 9.45. The molecule has 0 aromatic heterocycles. The number of benzene rings is 2. The highest BCUT2D eigenvalue weighted by Gasteiger charge is 2.08. The summed E-state index contributed by atoms with van der Waals surface area (Å²) in [6, 6.07) is 15.1. The Morgan fingerprint density at radius 3 is 2.40 bits per heavy atom. The van der Waals surface area contributed by atoms with Gasteiger partial charge >= 0.3 is 0 Å². The summed E-state index contributed by atoms with van der Waals surface area (Å²) < 4.78 is 12.8. The number of hydrogen-bond acceptors (Lipinski definition) is 3. The maximum Gasteiger partial charge on any atom is 0.263 e. The number of nitrogens with one attached hydrogen (secondary N) is 2. The molecule has 2 N–H and O–H groups in total. The van der Waals surface area contributed by atoms with Crippen molar-refractivity contribution in [3.8, 4) is 6.07 Å². The second-order valence-corrected chi connectivity index (χ2v) is 5.75. The molecule has 0 atom stereocenters. The molecule has 0 unspecified atom stereocenters. The largest absolute Gasteiger partial charge is 0.389 e. The highest BCUT2D eigenvalue weighted by molar-refractivity contribution is 6.30. The molecule has 0 spiro atoms. The first kappa shape index (κ1) is 18.5. The van der Waals surface area contributed by atoms with E-state index in [1.165, 1.54) is 18.3 Å². The van der Waals surface area contributed by atoms with Crippen molar-refractivity contribution in [3.63, 3.8) is 0 Å². The summed E-state index contributed by atoms with van der Waals surface area (Å²) in [5, 5.41) is 15.3. The SMILES string of the molecule is N#C/C(=C/NCCc1ccc(F)cc1)C(=O)NCc1ccc(Cl)cc1. The van der Waals surface area contributed by atoms with Crippen LogP contribution in [0.15, 0.2) is 60.3 Å². The van der Waals surface area contributed by atoms with E-state index in [0.29, 0.717) is 24.5 Å². The van der Waals surface area contributed by atoms with Crippen molar-refractivity contribution in [2.75, 3.05) is 6.54 Å². The Labute approximate surface area is 150 Å². The van der Waals surface area contributed by atoms with Crippen molar-refractivity contribution >= 4 is 17.5 Å². The Kier molecular flexibility index (Phi) is 7.00. The highest BCUT2D eigenvalue weighted by atomic mass is 35.5. The average Bonchev–Trinajstić information content (AvgIpc) is 2.62. The maximum atomic E-state index is 12.8. The Bertz CT molecular complexity index is 780. The predicted molar refractivity (Wildman–Crippen MR) is 95.1 cm³/mol. The lowest BCUT2D eigenvalue weighted by Gasteiger charge is -2.06. The van der Waals surface area contributed by atoms with Crippen molar-refractivity contribution < 1.29 is 9.18 Å². The molecule has 0 bridgehead atoms.